The van der Waals surface area contributed by atoms with E-state index in [9.17, 15) is 14.0 Å². The van der Waals surface area contributed by atoms with Crippen LogP contribution in [0.4, 0.5) is 4.39 Å². The van der Waals surface area contributed by atoms with Gasteiger partial charge in [0.05, 0.1) is 17.5 Å². The van der Waals surface area contributed by atoms with Crippen molar-refractivity contribution in [3.63, 3.8) is 0 Å². The van der Waals surface area contributed by atoms with Crippen LogP contribution in [0.15, 0.2) is 29.3 Å². The molecule has 0 saturated heterocycles. The van der Waals surface area contributed by atoms with Gasteiger partial charge in [0.25, 0.3) is 0 Å². The standard InChI is InChI=1S/C13H12FN3O3/c1-7(2)17-6-9(10-4-3-8(14)5-15-10)12(18)11(16-17)13(19)20/h3-7H,1-2H3,(H,19,20). The first kappa shape index (κ1) is 13.9. The molecular formula is C13H12FN3O3. The SMILES string of the molecule is CC(C)n1cc(-c2ccc(F)cn2)c(=O)c(C(=O)O)n1. The third-order valence-electron chi connectivity index (χ3n) is 2.67. The summed E-state index contributed by atoms with van der Waals surface area (Å²) in [6.45, 7) is 3.59. The maximum Gasteiger partial charge on any atom is 0.360 e. The molecule has 7 heteroatoms. The van der Waals surface area contributed by atoms with Crippen molar-refractivity contribution in [2.45, 2.75) is 19.9 Å². The minimum absolute atomic E-state index is 0.0751. The number of pyridine rings is 1. The van der Waals surface area contributed by atoms with Crippen LogP contribution in [-0.4, -0.2) is 25.8 Å². The van der Waals surface area contributed by atoms with Gasteiger partial charge >= 0.3 is 5.97 Å². The van der Waals surface area contributed by atoms with Crippen molar-refractivity contribution in [1.29, 1.82) is 0 Å². The molecule has 0 aliphatic rings. The van der Waals surface area contributed by atoms with E-state index in [1.54, 1.807) is 13.8 Å². The van der Waals surface area contributed by atoms with Crippen LogP contribution in [-0.2, 0) is 0 Å². The van der Waals surface area contributed by atoms with E-state index < -0.39 is 22.9 Å². The maximum absolute atomic E-state index is 12.9. The van der Waals surface area contributed by atoms with Crippen molar-refractivity contribution in [3.8, 4) is 11.3 Å². The number of carbonyl (C=O) groups is 1. The quantitative estimate of drug-likeness (QED) is 0.923. The third-order valence-corrected chi connectivity index (χ3v) is 2.67. The van der Waals surface area contributed by atoms with Crippen LogP contribution in [0.2, 0.25) is 0 Å². The van der Waals surface area contributed by atoms with E-state index in [4.69, 9.17) is 5.11 Å². The topological polar surface area (TPSA) is 85.1 Å². The van der Waals surface area contributed by atoms with Gasteiger partial charge in [-0.2, -0.15) is 5.10 Å². The molecule has 0 atom stereocenters. The van der Waals surface area contributed by atoms with Crippen LogP contribution in [0.3, 0.4) is 0 Å². The molecular weight excluding hydrogens is 265 g/mol. The predicted octanol–water partition coefficient (Wildman–Crippen LogP) is 1.72. The molecule has 0 spiro atoms. The van der Waals surface area contributed by atoms with Crippen LogP contribution < -0.4 is 5.43 Å². The maximum atomic E-state index is 12.9. The van der Waals surface area contributed by atoms with E-state index in [1.807, 2.05) is 0 Å². The molecule has 0 aliphatic heterocycles. The molecule has 2 heterocycles. The average Bonchev–Trinajstić information content (AvgIpc) is 2.39. The number of nitrogens with zero attached hydrogens (tertiary/aromatic N) is 3. The van der Waals surface area contributed by atoms with Crippen molar-refractivity contribution in [2.75, 3.05) is 0 Å². The normalized spacial score (nSPS) is 10.8. The molecule has 0 fully saturated rings. The molecule has 104 valence electrons. The van der Waals surface area contributed by atoms with E-state index in [0.29, 0.717) is 0 Å². The van der Waals surface area contributed by atoms with Gasteiger partial charge < -0.3 is 5.11 Å². The molecule has 2 rings (SSSR count). The molecule has 1 N–H and O–H groups in total. The third kappa shape index (κ3) is 2.56. The molecule has 2 aromatic rings. The zero-order chi connectivity index (χ0) is 14.9. The van der Waals surface area contributed by atoms with Crippen LogP contribution >= 0.6 is 0 Å². The number of aromatic carboxylic acids is 1. The lowest BCUT2D eigenvalue weighted by molar-refractivity contribution is 0.0685. The van der Waals surface area contributed by atoms with Gasteiger partial charge in [0.1, 0.15) is 5.82 Å². The highest BCUT2D eigenvalue weighted by atomic mass is 19.1. The first-order valence-electron chi connectivity index (χ1n) is 5.89. The number of hydrogen-bond acceptors (Lipinski definition) is 4. The lowest BCUT2D eigenvalue weighted by Crippen LogP contribution is -2.24. The number of carboxylic acid groups (broad SMARTS) is 1. The van der Waals surface area contributed by atoms with Gasteiger partial charge in [0.2, 0.25) is 11.1 Å². The van der Waals surface area contributed by atoms with E-state index in [1.165, 1.54) is 16.9 Å². The highest BCUT2D eigenvalue weighted by Crippen LogP contribution is 2.14. The van der Waals surface area contributed by atoms with E-state index in [2.05, 4.69) is 10.1 Å². The Hall–Kier alpha value is -2.57. The predicted molar refractivity (Wildman–Crippen MR) is 69.0 cm³/mol. The number of rotatable bonds is 3. The number of carboxylic acids is 1. The zero-order valence-corrected chi connectivity index (χ0v) is 10.9. The molecule has 0 unspecified atom stereocenters. The van der Waals surface area contributed by atoms with Gasteiger partial charge in [0, 0.05) is 12.2 Å². The summed E-state index contributed by atoms with van der Waals surface area (Å²) in [5, 5.41) is 12.8. The van der Waals surface area contributed by atoms with E-state index in [-0.39, 0.29) is 17.3 Å². The monoisotopic (exact) mass is 277 g/mol. The van der Waals surface area contributed by atoms with Crippen LogP contribution in [0.25, 0.3) is 11.3 Å². The Morgan fingerprint density at radius 2 is 2.10 bits per heavy atom. The smallest absolute Gasteiger partial charge is 0.360 e. The highest BCUT2D eigenvalue weighted by Gasteiger charge is 2.18. The Kier molecular flexibility index (Phi) is 3.60. The van der Waals surface area contributed by atoms with Gasteiger partial charge in [-0.15, -0.1) is 0 Å². The molecule has 6 nitrogen and oxygen atoms in total. The van der Waals surface area contributed by atoms with Crippen molar-refractivity contribution in [1.82, 2.24) is 14.8 Å². The summed E-state index contributed by atoms with van der Waals surface area (Å²) in [5.74, 6) is -1.95. The van der Waals surface area contributed by atoms with Gasteiger partial charge in [0.15, 0.2) is 0 Å². The van der Waals surface area contributed by atoms with E-state index in [0.717, 1.165) is 12.3 Å². The second kappa shape index (κ2) is 5.20. The summed E-state index contributed by atoms with van der Waals surface area (Å²) in [6, 6.07) is 2.35. The Morgan fingerprint density at radius 1 is 1.40 bits per heavy atom. The van der Waals surface area contributed by atoms with Crippen molar-refractivity contribution in [3.05, 3.63) is 46.3 Å². The minimum atomic E-state index is -1.41. The van der Waals surface area contributed by atoms with Gasteiger partial charge in [-0.25, -0.2) is 9.18 Å². The van der Waals surface area contributed by atoms with E-state index >= 15 is 0 Å². The number of hydrogen-bond donors (Lipinski definition) is 1. The first-order valence-corrected chi connectivity index (χ1v) is 5.89. The lowest BCUT2D eigenvalue weighted by Gasteiger charge is -2.12. The fourth-order valence-electron chi connectivity index (χ4n) is 1.63. The average molecular weight is 277 g/mol. The summed E-state index contributed by atoms with van der Waals surface area (Å²) in [4.78, 5) is 27.0. The summed E-state index contributed by atoms with van der Waals surface area (Å²) >= 11 is 0. The van der Waals surface area contributed by atoms with Gasteiger partial charge in [-0.3, -0.25) is 14.5 Å². The Bertz CT molecular complexity index is 708. The number of aromatic nitrogens is 3. The number of halogens is 1. The second-order valence-corrected chi connectivity index (χ2v) is 4.46. The molecule has 0 radical (unpaired) electrons. The zero-order valence-electron chi connectivity index (χ0n) is 10.9. The van der Waals surface area contributed by atoms with Crippen molar-refractivity contribution < 1.29 is 14.3 Å². The molecule has 0 aromatic carbocycles. The highest BCUT2D eigenvalue weighted by molar-refractivity contribution is 5.86. The molecule has 0 bridgehead atoms. The second-order valence-electron chi connectivity index (χ2n) is 4.46. The fraction of sp³-hybridized carbons (Fsp3) is 0.231. The summed E-state index contributed by atoms with van der Waals surface area (Å²) in [5.41, 5.74) is -1.04. The molecule has 2 aromatic heterocycles. The van der Waals surface area contributed by atoms with Gasteiger partial charge in [-0.1, -0.05) is 0 Å². The first-order chi connectivity index (χ1) is 9.40. The lowest BCUT2D eigenvalue weighted by atomic mass is 10.1. The molecule has 0 aliphatic carbocycles. The Balaban J connectivity index is 2.71. The van der Waals surface area contributed by atoms with Crippen molar-refractivity contribution in [2.24, 2.45) is 0 Å². The largest absolute Gasteiger partial charge is 0.476 e. The summed E-state index contributed by atoms with van der Waals surface area (Å²) < 4.78 is 14.2. The summed E-state index contributed by atoms with van der Waals surface area (Å²) in [6.07, 6.45) is 2.38. The molecule has 0 saturated carbocycles. The van der Waals surface area contributed by atoms with Crippen LogP contribution in [0.1, 0.15) is 30.4 Å². The van der Waals surface area contributed by atoms with Crippen LogP contribution in [0, 0.1) is 5.82 Å². The van der Waals surface area contributed by atoms with Crippen molar-refractivity contribution >= 4 is 5.97 Å². The Morgan fingerprint density at radius 3 is 2.60 bits per heavy atom. The molecule has 20 heavy (non-hydrogen) atoms. The van der Waals surface area contributed by atoms with Crippen LogP contribution in [0.5, 0.6) is 0 Å². The summed E-state index contributed by atoms with van der Waals surface area (Å²) in [7, 11) is 0. The van der Waals surface area contributed by atoms with Gasteiger partial charge in [-0.05, 0) is 26.0 Å². The Labute approximate surface area is 113 Å². The molecule has 0 amide bonds. The fourth-order valence-corrected chi connectivity index (χ4v) is 1.63. The minimum Gasteiger partial charge on any atom is -0.476 e.